The number of anilines is 2. The highest BCUT2D eigenvalue weighted by atomic mass is 19.1. The van der Waals surface area contributed by atoms with Crippen LogP contribution in [0.1, 0.15) is 0 Å². The Balaban J connectivity index is 2.36. The molecular weight excluding hydrogens is 225 g/mol. The molecular formula is C11H16FN3O2. The van der Waals surface area contributed by atoms with Crippen LogP contribution >= 0.6 is 0 Å². The lowest BCUT2D eigenvalue weighted by Gasteiger charge is -2.08. The van der Waals surface area contributed by atoms with E-state index in [1.165, 1.54) is 12.1 Å². The van der Waals surface area contributed by atoms with Gasteiger partial charge < -0.3 is 21.1 Å². The van der Waals surface area contributed by atoms with Crippen molar-refractivity contribution < 1.29 is 13.9 Å². The second kappa shape index (κ2) is 6.70. The molecule has 6 heteroatoms. The minimum atomic E-state index is -0.438. The Hall–Kier alpha value is -1.82. The highest BCUT2D eigenvalue weighted by molar-refractivity contribution is 5.80. The van der Waals surface area contributed by atoms with Crippen LogP contribution in [0.4, 0.5) is 15.8 Å². The monoisotopic (exact) mass is 241 g/mol. The van der Waals surface area contributed by atoms with Crippen molar-refractivity contribution in [2.45, 2.75) is 0 Å². The fraction of sp³-hybridized carbons (Fsp3) is 0.364. The van der Waals surface area contributed by atoms with Crippen molar-refractivity contribution >= 4 is 17.3 Å². The number of ether oxygens (including phenoxy) is 1. The van der Waals surface area contributed by atoms with Crippen LogP contribution in [-0.2, 0) is 9.53 Å². The molecule has 1 aromatic carbocycles. The molecule has 0 atom stereocenters. The molecule has 0 unspecified atom stereocenters. The summed E-state index contributed by atoms with van der Waals surface area (Å²) in [4.78, 5) is 11.3. The number of carbonyl (C=O) groups excluding carboxylic acids is 1. The molecule has 0 aliphatic heterocycles. The molecule has 4 N–H and O–H groups in total. The average Bonchev–Trinajstić information content (AvgIpc) is 2.25. The summed E-state index contributed by atoms with van der Waals surface area (Å²) >= 11 is 0. The SMILES string of the molecule is COCCNC(=O)CNc1cc(N)cc(F)c1. The minimum Gasteiger partial charge on any atom is -0.399 e. The van der Waals surface area contributed by atoms with Crippen LogP contribution in [0.15, 0.2) is 18.2 Å². The van der Waals surface area contributed by atoms with Gasteiger partial charge in [-0.05, 0) is 18.2 Å². The smallest absolute Gasteiger partial charge is 0.239 e. The maximum Gasteiger partial charge on any atom is 0.239 e. The van der Waals surface area contributed by atoms with Gasteiger partial charge in [0.25, 0.3) is 0 Å². The summed E-state index contributed by atoms with van der Waals surface area (Å²) < 4.78 is 17.7. The molecule has 0 heterocycles. The molecule has 1 rings (SSSR count). The number of benzene rings is 1. The largest absolute Gasteiger partial charge is 0.399 e. The van der Waals surface area contributed by atoms with Crippen LogP contribution in [-0.4, -0.2) is 32.7 Å². The first-order valence-corrected chi connectivity index (χ1v) is 5.17. The molecule has 0 saturated heterocycles. The minimum absolute atomic E-state index is 0.0621. The Morgan fingerprint density at radius 2 is 2.24 bits per heavy atom. The Kier molecular flexibility index (Phi) is 5.22. The zero-order valence-corrected chi connectivity index (χ0v) is 9.63. The van der Waals surface area contributed by atoms with Crippen molar-refractivity contribution in [1.82, 2.24) is 5.32 Å². The predicted molar refractivity (Wildman–Crippen MR) is 64.2 cm³/mol. The van der Waals surface area contributed by atoms with E-state index in [1.807, 2.05) is 0 Å². The van der Waals surface area contributed by atoms with Crippen molar-refractivity contribution in [3.63, 3.8) is 0 Å². The third-order valence-corrected chi connectivity index (χ3v) is 2.00. The number of halogens is 1. The zero-order chi connectivity index (χ0) is 12.7. The highest BCUT2D eigenvalue weighted by Crippen LogP contribution is 2.14. The number of amides is 1. The van der Waals surface area contributed by atoms with Gasteiger partial charge in [-0.25, -0.2) is 4.39 Å². The number of hydrogen-bond acceptors (Lipinski definition) is 4. The molecule has 1 aromatic rings. The Labute approximate surface area is 99.1 Å². The van der Waals surface area contributed by atoms with Gasteiger partial charge in [0, 0.05) is 25.0 Å². The normalized spacial score (nSPS) is 10.0. The number of methoxy groups -OCH3 is 1. The van der Waals surface area contributed by atoms with Crippen molar-refractivity contribution in [2.75, 3.05) is 37.9 Å². The molecule has 1 amide bonds. The molecule has 0 radical (unpaired) electrons. The number of rotatable bonds is 6. The summed E-state index contributed by atoms with van der Waals surface area (Å²) in [5, 5.41) is 5.41. The summed E-state index contributed by atoms with van der Waals surface area (Å²) in [6.07, 6.45) is 0. The third kappa shape index (κ3) is 5.17. The Bertz CT molecular complexity index is 365. The number of carbonyl (C=O) groups is 1. The van der Waals surface area contributed by atoms with Gasteiger partial charge in [0.1, 0.15) is 5.82 Å². The van der Waals surface area contributed by atoms with E-state index in [0.29, 0.717) is 24.5 Å². The summed E-state index contributed by atoms with van der Waals surface area (Å²) in [7, 11) is 1.56. The molecule has 0 aromatic heterocycles. The van der Waals surface area contributed by atoms with Crippen LogP contribution in [0.2, 0.25) is 0 Å². The first-order valence-electron chi connectivity index (χ1n) is 5.17. The van der Waals surface area contributed by atoms with Crippen molar-refractivity contribution in [1.29, 1.82) is 0 Å². The maximum atomic E-state index is 13.0. The fourth-order valence-electron chi connectivity index (χ4n) is 1.25. The quantitative estimate of drug-likeness (QED) is 0.503. The molecule has 94 valence electrons. The lowest BCUT2D eigenvalue weighted by atomic mass is 10.2. The fourth-order valence-corrected chi connectivity index (χ4v) is 1.25. The molecule has 5 nitrogen and oxygen atoms in total. The summed E-state index contributed by atoms with van der Waals surface area (Å²) in [6.45, 7) is 0.966. The van der Waals surface area contributed by atoms with Gasteiger partial charge in [0.2, 0.25) is 5.91 Å². The first kappa shape index (κ1) is 13.2. The van der Waals surface area contributed by atoms with Crippen LogP contribution in [0.25, 0.3) is 0 Å². The topological polar surface area (TPSA) is 76.4 Å². The summed E-state index contributed by atoms with van der Waals surface area (Å²) in [5.74, 6) is -0.628. The van der Waals surface area contributed by atoms with Crippen molar-refractivity contribution in [3.8, 4) is 0 Å². The summed E-state index contributed by atoms with van der Waals surface area (Å²) in [5.41, 5.74) is 6.26. The highest BCUT2D eigenvalue weighted by Gasteiger charge is 2.02. The van der Waals surface area contributed by atoms with E-state index in [2.05, 4.69) is 10.6 Å². The molecule has 0 aliphatic rings. The van der Waals surface area contributed by atoms with Gasteiger partial charge in [-0.15, -0.1) is 0 Å². The summed E-state index contributed by atoms with van der Waals surface area (Å²) in [6, 6.07) is 4.05. The number of nitrogen functional groups attached to an aromatic ring is 1. The van der Waals surface area contributed by atoms with Gasteiger partial charge in [-0.2, -0.15) is 0 Å². The second-order valence-corrected chi connectivity index (χ2v) is 3.47. The Morgan fingerprint density at radius 1 is 1.47 bits per heavy atom. The zero-order valence-electron chi connectivity index (χ0n) is 9.63. The van der Waals surface area contributed by atoms with Gasteiger partial charge >= 0.3 is 0 Å². The average molecular weight is 241 g/mol. The molecule has 0 bridgehead atoms. The van der Waals surface area contributed by atoms with Gasteiger partial charge in [0.05, 0.1) is 13.2 Å². The first-order chi connectivity index (χ1) is 8.11. The van der Waals surface area contributed by atoms with Crippen LogP contribution in [0, 0.1) is 5.82 Å². The Morgan fingerprint density at radius 3 is 2.88 bits per heavy atom. The second-order valence-electron chi connectivity index (χ2n) is 3.47. The van der Waals surface area contributed by atoms with E-state index in [0.717, 1.165) is 0 Å². The number of nitrogens with one attached hydrogen (secondary N) is 2. The molecule has 0 fully saturated rings. The van der Waals surface area contributed by atoms with Crippen LogP contribution in [0.3, 0.4) is 0 Å². The molecule has 17 heavy (non-hydrogen) atoms. The standard InChI is InChI=1S/C11H16FN3O2/c1-17-3-2-14-11(16)7-15-10-5-8(12)4-9(13)6-10/h4-6,15H,2-3,7,13H2,1H3,(H,14,16). The molecule has 0 saturated carbocycles. The van der Waals surface area contributed by atoms with E-state index in [9.17, 15) is 9.18 Å². The van der Waals surface area contributed by atoms with Crippen LogP contribution in [0.5, 0.6) is 0 Å². The lowest BCUT2D eigenvalue weighted by Crippen LogP contribution is -2.32. The van der Waals surface area contributed by atoms with Gasteiger partial charge in [-0.3, -0.25) is 4.79 Å². The van der Waals surface area contributed by atoms with E-state index >= 15 is 0 Å². The number of nitrogens with two attached hydrogens (primary N) is 1. The molecule has 0 aliphatic carbocycles. The number of hydrogen-bond donors (Lipinski definition) is 3. The predicted octanol–water partition coefficient (Wildman–Crippen LogP) is 0.582. The van der Waals surface area contributed by atoms with Crippen LogP contribution < -0.4 is 16.4 Å². The lowest BCUT2D eigenvalue weighted by molar-refractivity contribution is -0.119. The third-order valence-electron chi connectivity index (χ3n) is 2.00. The van der Waals surface area contributed by atoms with Crippen molar-refractivity contribution in [2.24, 2.45) is 0 Å². The van der Waals surface area contributed by atoms with E-state index in [4.69, 9.17) is 10.5 Å². The van der Waals surface area contributed by atoms with E-state index in [1.54, 1.807) is 13.2 Å². The molecule has 0 spiro atoms. The van der Waals surface area contributed by atoms with E-state index in [-0.39, 0.29) is 12.5 Å². The van der Waals surface area contributed by atoms with Gasteiger partial charge in [-0.1, -0.05) is 0 Å². The van der Waals surface area contributed by atoms with E-state index < -0.39 is 5.82 Å². The van der Waals surface area contributed by atoms with Crippen molar-refractivity contribution in [3.05, 3.63) is 24.0 Å². The van der Waals surface area contributed by atoms with Gasteiger partial charge in [0.15, 0.2) is 0 Å². The maximum absolute atomic E-state index is 13.0.